The van der Waals surface area contributed by atoms with Gasteiger partial charge in [-0.25, -0.2) is 0 Å². The molecule has 0 spiro atoms. The third-order valence-corrected chi connectivity index (χ3v) is 2.85. The van der Waals surface area contributed by atoms with E-state index in [2.05, 4.69) is 5.32 Å². The normalized spacial score (nSPS) is 11.8. The van der Waals surface area contributed by atoms with Crippen molar-refractivity contribution in [3.63, 3.8) is 0 Å². The van der Waals surface area contributed by atoms with Crippen LogP contribution in [-0.4, -0.2) is 5.91 Å². The van der Waals surface area contributed by atoms with E-state index in [-0.39, 0.29) is 5.91 Å². The Morgan fingerprint density at radius 3 is 2.41 bits per heavy atom. The quantitative estimate of drug-likeness (QED) is 0.861. The number of nitrogens with one attached hydrogen (secondary N) is 1. The van der Waals surface area contributed by atoms with Gasteiger partial charge in [-0.1, -0.05) is 50.0 Å². The lowest BCUT2D eigenvalue weighted by molar-refractivity contribution is -0.127. The summed E-state index contributed by atoms with van der Waals surface area (Å²) in [7, 11) is 0. The molecule has 0 radical (unpaired) electrons. The first-order valence-corrected chi connectivity index (χ1v) is 5.99. The Balaban J connectivity index is 2.66. The Bertz CT molecular complexity index is 447. The van der Waals surface area contributed by atoms with Gasteiger partial charge in [-0.05, 0) is 23.8 Å². The van der Waals surface area contributed by atoms with E-state index in [0.29, 0.717) is 10.0 Å². The first-order chi connectivity index (χ1) is 7.80. The predicted octanol–water partition coefficient (Wildman–Crippen LogP) is 4.13. The van der Waals surface area contributed by atoms with Crippen molar-refractivity contribution in [2.24, 2.45) is 5.41 Å². The van der Waals surface area contributed by atoms with Crippen LogP contribution in [0, 0.1) is 5.41 Å². The SMILES string of the molecule is CC(C)(C)C(=O)NC=Cc1ccc(Cl)c(Cl)c1. The number of halogens is 2. The molecule has 1 aromatic rings. The average molecular weight is 272 g/mol. The lowest BCUT2D eigenvalue weighted by Crippen LogP contribution is -2.31. The molecule has 0 aliphatic rings. The van der Waals surface area contributed by atoms with Crippen molar-refractivity contribution in [3.8, 4) is 0 Å². The van der Waals surface area contributed by atoms with E-state index in [1.54, 1.807) is 24.4 Å². The van der Waals surface area contributed by atoms with Gasteiger partial charge in [0, 0.05) is 11.6 Å². The summed E-state index contributed by atoms with van der Waals surface area (Å²) in [6, 6.07) is 5.28. The van der Waals surface area contributed by atoms with Crippen LogP contribution in [0.5, 0.6) is 0 Å². The van der Waals surface area contributed by atoms with Crippen molar-refractivity contribution in [2.45, 2.75) is 20.8 Å². The van der Waals surface area contributed by atoms with Gasteiger partial charge >= 0.3 is 0 Å². The summed E-state index contributed by atoms with van der Waals surface area (Å²) in [6.45, 7) is 5.57. The van der Waals surface area contributed by atoms with E-state index >= 15 is 0 Å². The Labute approximate surface area is 112 Å². The summed E-state index contributed by atoms with van der Waals surface area (Å²) < 4.78 is 0. The number of amides is 1. The molecule has 1 amide bonds. The van der Waals surface area contributed by atoms with E-state index in [1.165, 1.54) is 0 Å². The van der Waals surface area contributed by atoms with Gasteiger partial charge in [0.25, 0.3) is 0 Å². The molecule has 4 heteroatoms. The predicted molar refractivity (Wildman–Crippen MR) is 73.1 cm³/mol. The van der Waals surface area contributed by atoms with E-state index in [9.17, 15) is 4.79 Å². The molecule has 0 aliphatic heterocycles. The van der Waals surface area contributed by atoms with Crippen LogP contribution in [-0.2, 0) is 4.79 Å². The van der Waals surface area contributed by atoms with Crippen molar-refractivity contribution in [3.05, 3.63) is 40.0 Å². The van der Waals surface area contributed by atoms with Crippen molar-refractivity contribution in [1.29, 1.82) is 0 Å². The van der Waals surface area contributed by atoms with Crippen molar-refractivity contribution >= 4 is 35.2 Å². The maximum Gasteiger partial charge on any atom is 0.229 e. The van der Waals surface area contributed by atoms with Crippen LogP contribution in [0.15, 0.2) is 24.4 Å². The molecule has 0 unspecified atom stereocenters. The topological polar surface area (TPSA) is 29.1 Å². The number of carbonyl (C=O) groups is 1. The minimum Gasteiger partial charge on any atom is -0.332 e. The Morgan fingerprint density at radius 2 is 1.88 bits per heavy atom. The van der Waals surface area contributed by atoms with Crippen LogP contribution in [0.3, 0.4) is 0 Å². The summed E-state index contributed by atoms with van der Waals surface area (Å²) >= 11 is 11.7. The fourth-order valence-electron chi connectivity index (χ4n) is 1.05. The van der Waals surface area contributed by atoms with Crippen molar-refractivity contribution < 1.29 is 4.79 Å². The van der Waals surface area contributed by atoms with Gasteiger partial charge in [-0.3, -0.25) is 4.79 Å². The van der Waals surface area contributed by atoms with Gasteiger partial charge < -0.3 is 5.32 Å². The maximum atomic E-state index is 11.6. The highest BCUT2D eigenvalue weighted by Crippen LogP contribution is 2.23. The maximum absolute atomic E-state index is 11.6. The number of hydrogen-bond acceptors (Lipinski definition) is 1. The summed E-state index contributed by atoms with van der Waals surface area (Å²) in [5.74, 6) is -0.0335. The molecular formula is C13H15Cl2NO. The Kier molecular flexibility index (Phi) is 4.61. The van der Waals surface area contributed by atoms with E-state index in [1.807, 2.05) is 26.8 Å². The molecule has 0 bridgehead atoms. The molecule has 0 fully saturated rings. The highest BCUT2D eigenvalue weighted by molar-refractivity contribution is 6.42. The largest absolute Gasteiger partial charge is 0.332 e. The smallest absolute Gasteiger partial charge is 0.229 e. The first-order valence-electron chi connectivity index (χ1n) is 5.23. The van der Waals surface area contributed by atoms with Gasteiger partial charge in [0.2, 0.25) is 5.91 Å². The standard InChI is InChI=1S/C13H15Cl2NO/c1-13(2,3)12(17)16-7-6-9-4-5-10(14)11(15)8-9/h4-8H,1-3H3,(H,16,17). The second-order valence-electron chi connectivity index (χ2n) is 4.73. The van der Waals surface area contributed by atoms with E-state index in [0.717, 1.165) is 5.56 Å². The monoisotopic (exact) mass is 271 g/mol. The minimum absolute atomic E-state index is 0.0335. The zero-order chi connectivity index (χ0) is 13.1. The Morgan fingerprint density at radius 1 is 1.24 bits per heavy atom. The summed E-state index contributed by atoms with van der Waals surface area (Å²) in [5, 5.41) is 3.72. The second-order valence-corrected chi connectivity index (χ2v) is 5.54. The van der Waals surface area contributed by atoms with Crippen LogP contribution < -0.4 is 5.32 Å². The van der Waals surface area contributed by atoms with Gasteiger partial charge in [-0.2, -0.15) is 0 Å². The second kappa shape index (κ2) is 5.56. The van der Waals surface area contributed by atoms with Crippen LogP contribution in [0.25, 0.3) is 6.08 Å². The third kappa shape index (κ3) is 4.41. The van der Waals surface area contributed by atoms with Crippen LogP contribution >= 0.6 is 23.2 Å². The molecule has 1 aromatic carbocycles. The van der Waals surface area contributed by atoms with Crippen molar-refractivity contribution in [2.75, 3.05) is 0 Å². The molecule has 1 N–H and O–H groups in total. The summed E-state index contributed by atoms with van der Waals surface area (Å²) in [6.07, 6.45) is 3.37. The molecule has 0 saturated carbocycles. The van der Waals surface area contributed by atoms with Crippen molar-refractivity contribution in [1.82, 2.24) is 5.32 Å². The lowest BCUT2D eigenvalue weighted by Gasteiger charge is -2.15. The molecule has 92 valence electrons. The van der Waals surface area contributed by atoms with Gasteiger partial charge in [0.05, 0.1) is 10.0 Å². The highest BCUT2D eigenvalue weighted by Gasteiger charge is 2.19. The average Bonchev–Trinajstić information content (AvgIpc) is 2.22. The molecular weight excluding hydrogens is 257 g/mol. The number of carbonyl (C=O) groups excluding carboxylic acids is 1. The molecule has 0 saturated heterocycles. The van der Waals surface area contributed by atoms with Gasteiger partial charge in [0.15, 0.2) is 0 Å². The highest BCUT2D eigenvalue weighted by atomic mass is 35.5. The summed E-state index contributed by atoms with van der Waals surface area (Å²) in [4.78, 5) is 11.6. The lowest BCUT2D eigenvalue weighted by atomic mass is 9.96. The molecule has 0 atom stereocenters. The van der Waals surface area contributed by atoms with Crippen LogP contribution in [0.2, 0.25) is 10.0 Å². The van der Waals surface area contributed by atoms with E-state index in [4.69, 9.17) is 23.2 Å². The zero-order valence-corrected chi connectivity index (χ0v) is 11.6. The fraction of sp³-hybridized carbons (Fsp3) is 0.308. The molecule has 0 heterocycles. The fourth-order valence-corrected chi connectivity index (χ4v) is 1.35. The van der Waals surface area contributed by atoms with Crippen LogP contribution in [0.1, 0.15) is 26.3 Å². The van der Waals surface area contributed by atoms with Gasteiger partial charge in [0.1, 0.15) is 0 Å². The van der Waals surface area contributed by atoms with E-state index < -0.39 is 5.41 Å². The number of rotatable bonds is 2. The van der Waals surface area contributed by atoms with Gasteiger partial charge in [-0.15, -0.1) is 0 Å². The molecule has 0 aromatic heterocycles. The first kappa shape index (κ1) is 14.1. The number of hydrogen-bond donors (Lipinski definition) is 1. The summed E-state index contributed by atoms with van der Waals surface area (Å²) in [5.41, 5.74) is 0.482. The Hall–Kier alpha value is -0.990. The molecule has 17 heavy (non-hydrogen) atoms. The zero-order valence-electron chi connectivity index (χ0n) is 10.1. The molecule has 1 rings (SSSR count). The van der Waals surface area contributed by atoms with Crippen LogP contribution in [0.4, 0.5) is 0 Å². The number of benzene rings is 1. The molecule has 2 nitrogen and oxygen atoms in total. The third-order valence-electron chi connectivity index (χ3n) is 2.12. The molecule has 0 aliphatic carbocycles. The minimum atomic E-state index is -0.401.